The second-order valence-corrected chi connectivity index (χ2v) is 8.28. The minimum absolute atomic E-state index is 0.0739. The van der Waals surface area contributed by atoms with Crippen LogP contribution in [0.25, 0.3) is 0 Å². The van der Waals surface area contributed by atoms with E-state index in [2.05, 4.69) is 5.32 Å². The summed E-state index contributed by atoms with van der Waals surface area (Å²) >= 11 is 0. The van der Waals surface area contributed by atoms with Crippen molar-refractivity contribution in [3.8, 4) is 0 Å². The lowest BCUT2D eigenvalue weighted by atomic mass is 9.80. The Kier molecular flexibility index (Phi) is 5.84. The molecule has 0 heterocycles. The van der Waals surface area contributed by atoms with Crippen LogP contribution in [0.2, 0.25) is 0 Å². The molecule has 0 spiro atoms. The van der Waals surface area contributed by atoms with E-state index in [9.17, 15) is 13.5 Å². The van der Waals surface area contributed by atoms with Gasteiger partial charge in [0.25, 0.3) is 0 Å². The van der Waals surface area contributed by atoms with Gasteiger partial charge in [-0.15, -0.1) is 0 Å². The van der Waals surface area contributed by atoms with Crippen LogP contribution >= 0.6 is 0 Å². The Balaban J connectivity index is 2.03. The summed E-state index contributed by atoms with van der Waals surface area (Å²) in [5.74, 6) is 0. The van der Waals surface area contributed by atoms with Gasteiger partial charge in [0.05, 0.1) is 10.5 Å². The van der Waals surface area contributed by atoms with Gasteiger partial charge in [-0.05, 0) is 43.9 Å². The molecule has 1 aromatic rings. The molecule has 1 unspecified atom stereocenters. The molecule has 0 saturated heterocycles. The predicted octanol–water partition coefficient (Wildman–Crippen LogP) is 2.28. The van der Waals surface area contributed by atoms with Gasteiger partial charge in [-0.3, -0.25) is 0 Å². The minimum Gasteiger partial charge on any atom is -0.389 e. The first-order valence-electron chi connectivity index (χ1n) is 8.38. The van der Waals surface area contributed by atoms with Crippen molar-refractivity contribution >= 4 is 10.0 Å². The molecule has 0 amide bonds. The highest BCUT2D eigenvalue weighted by molar-refractivity contribution is 7.89. The molecule has 1 saturated carbocycles. The maximum atomic E-state index is 12.5. The number of nitrogens with zero attached hydrogens (tertiary/aromatic N) is 1. The molecule has 0 bridgehead atoms. The third kappa shape index (κ3) is 4.12. The van der Waals surface area contributed by atoms with Crippen molar-refractivity contribution in [1.29, 1.82) is 0 Å². The van der Waals surface area contributed by atoms with E-state index in [1.54, 1.807) is 12.1 Å². The first-order valence-corrected chi connectivity index (χ1v) is 9.82. The lowest BCUT2D eigenvalue weighted by molar-refractivity contribution is -0.0329. The van der Waals surface area contributed by atoms with Crippen LogP contribution in [-0.2, 0) is 10.0 Å². The van der Waals surface area contributed by atoms with Gasteiger partial charge in [-0.25, -0.2) is 8.42 Å². The summed E-state index contributed by atoms with van der Waals surface area (Å²) in [6.45, 7) is 7.22. The molecule has 5 nitrogen and oxygen atoms in total. The van der Waals surface area contributed by atoms with Gasteiger partial charge in [0.1, 0.15) is 0 Å². The molecule has 0 aromatic heterocycles. The quantitative estimate of drug-likeness (QED) is 0.762. The van der Waals surface area contributed by atoms with Crippen LogP contribution < -0.4 is 5.32 Å². The van der Waals surface area contributed by atoms with E-state index in [0.29, 0.717) is 24.5 Å². The van der Waals surface area contributed by atoms with Crippen molar-refractivity contribution in [2.24, 2.45) is 0 Å². The lowest BCUT2D eigenvalue weighted by Crippen LogP contribution is -2.46. The molecule has 0 aliphatic heterocycles. The largest absolute Gasteiger partial charge is 0.389 e. The summed E-state index contributed by atoms with van der Waals surface area (Å²) in [6, 6.07) is 7.10. The Hall–Kier alpha value is -0.950. The molecule has 6 heteroatoms. The van der Waals surface area contributed by atoms with Gasteiger partial charge >= 0.3 is 0 Å². The molecule has 1 aromatic carbocycles. The number of aliphatic hydroxyl groups is 1. The highest BCUT2D eigenvalue weighted by Gasteiger charge is 2.34. The smallest absolute Gasteiger partial charge is 0.243 e. The summed E-state index contributed by atoms with van der Waals surface area (Å²) in [6.07, 6.45) is 2.80. The first kappa shape index (κ1) is 18.4. The van der Waals surface area contributed by atoms with E-state index in [0.717, 1.165) is 24.8 Å². The number of hydrogen-bond acceptors (Lipinski definition) is 4. The van der Waals surface area contributed by atoms with Crippen molar-refractivity contribution < 1.29 is 13.5 Å². The second kappa shape index (κ2) is 7.30. The molecule has 1 aliphatic rings. The number of benzene rings is 1. The molecule has 1 aliphatic carbocycles. The fourth-order valence-electron chi connectivity index (χ4n) is 2.86. The van der Waals surface area contributed by atoms with Crippen molar-refractivity contribution in [1.82, 2.24) is 9.62 Å². The minimum atomic E-state index is -3.40. The van der Waals surface area contributed by atoms with Crippen LogP contribution in [0.15, 0.2) is 29.2 Å². The maximum absolute atomic E-state index is 12.5. The van der Waals surface area contributed by atoms with Crippen LogP contribution in [0.1, 0.15) is 51.6 Å². The van der Waals surface area contributed by atoms with Gasteiger partial charge in [0, 0.05) is 25.7 Å². The van der Waals surface area contributed by atoms with Crippen LogP contribution in [0.3, 0.4) is 0 Å². The third-order valence-electron chi connectivity index (χ3n) is 4.74. The van der Waals surface area contributed by atoms with Crippen molar-refractivity contribution in [3.05, 3.63) is 29.8 Å². The summed E-state index contributed by atoms with van der Waals surface area (Å²) in [5, 5.41) is 13.5. The Morgan fingerprint density at radius 3 is 2.22 bits per heavy atom. The average Bonchev–Trinajstić information content (AvgIpc) is 2.51. The number of rotatable bonds is 8. The Morgan fingerprint density at radius 1 is 1.22 bits per heavy atom. The van der Waals surface area contributed by atoms with E-state index in [4.69, 9.17) is 0 Å². The van der Waals surface area contributed by atoms with Crippen LogP contribution in [0, 0.1) is 0 Å². The molecule has 130 valence electrons. The van der Waals surface area contributed by atoms with Crippen molar-refractivity contribution in [3.63, 3.8) is 0 Å². The summed E-state index contributed by atoms with van der Waals surface area (Å²) in [7, 11) is -3.40. The monoisotopic (exact) mass is 340 g/mol. The molecule has 2 rings (SSSR count). The van der Waals surface area contributed by atoms with Crippen molar-refractivity contribution in [2.45, 2.75) is 56.6 Å². The van der Waals surface area contributed by atoms with Gasteiger partial charge in [-0.2, -0.15) is 4.31 Å². The van der Waals surface area contributed by atoms with E-state index >= 15 is 0 Å². The Bertz CT molecular complexity index is 605. The summed E-state index contributed by atoms with van der Waals surface area (Å²) < 4.78 is 26.4. The predicted molar refractivity (Wildman–Crippen MR) is 91.8 cm³/mol. The molecular formula is C17H28N2O3S. The average molecular weight is 340 g/mol. The second-order valence-electron chi connectivity index (χ2n) is 6.34. The van der Waals surface area contributed by atoms with Crippen LogP contribution in [0.4, 0.5) is 0 Å². The molecule has 0 radical (unpaired) electrons. The zero-order valence-electron chi connectivity index (χ0n) is 14.2. The highest BCUT2D eigenvalue weighted by Crippen LogP contribution is 2.31. The molecular weight excluding hydrogens is 312 g/mol. The number of hydrogen-bond donors (Lipinski definition) is 2. The SMILES string of the molecule is CCN(CC)S(=O)(=O)c1ccc(C(C)NCC2(O)CCC2)cc1. The van der Waals surface area contributed by atoms with E-state index in [-0.39, 0.29) is 6.04 Å². The number of nitrogens with one attached hydrogen (secondary N) is 1. The molecule has 2 N–H and O–H groups in total. The standard InChI is InChI=1S/C17H28N2O3S/c1-4-19(5-2)23(21,22)16-9-7-15(8-10-16)14(3)18-13-17(20)11-6-12-17/h7-10,14,18,20H,4-6,11-13H2,1-3H3. The number of sulfonamides is 1. The Labute approximate surface area is 139 Å². The van der Waals surface area contributed by atoms with E-state index in [1.165, 1.54) is 4.31 Å². The first-order chi connectivity index (χ1) is 10.8. The van der Waals surface area contributed by atoms with Crippen LogP contribution in [-0.4, -0.2) is 43.1 Å². The van der Waals surface area contributed by atoms with Gasteiger partial charge in [0.15, 0.2) is 0 Å². The third-order valence-corrected chi connectivity index (χ3v) is 6.81. The maximum Gasteiger partial charge on any atom is 0.243 e. The van der Waals surface area contributed by atoms with Crippen molar-refractivity contribution in [2.75, 3.05) is 19.6 Å². The summed E-state index contributed by atoms with van der Waals surface area (Å²) in [4.78, 5) is 0.328. The molecule has 23 heavy (non-hydrogen) atoms. The normalized spacial score (nSPS) is 18.7. The fraction of sp³-hybridized carbons (Fsp3) is 0.647. The van der Waals surface area contributed by atoms with Gasteiger partial charge < -0.3 is 10.4 Å². The lowest BCUT2D eigenvalue weighted by Gasteiger charge is -2.37. The fourth-order valence-corrected chi connectivity index (χ4v) is 4.32. The Morgan fingerprint density at radius 2 is 1.78 bits per heavy atom. The van der Waals surface area contributed by atoms with E-state index < -0.39 is 15.6 Å². The molecule has 1 atom stereocenters. The van der Waals surface area contributed by atoms with Gasteiger partial charge in [0.2, 0.25) is 10.0 Å². The van der Waals surface area contributed by atoms with Crippen LogP contribution in [0.5, 0.6) is 0 Å². The van der Waals surface area contributed by atoms with Gasteiger partial charge in [-0.1, -0.05) is 26.0 Å². The zero-order valence-corrected chi connectivity index (χ0v) is 15.1. The highest BCUT2D eigenvalue weighted by atomic mass is 32.2. The topological polar surface area (TPSA) is 69.6 Å². The molecule has 1 fully saturated rings. The van der Waals surface area contributed by atoms with E-state index in [1.807, 2.05) is 32.9 Å². The summed E-state index contributed by atoms with van der Waals surface area (Å²) in [5.41, 5.74) is 0.465. The zero-order chi connectivity index (χ0) is 17.1.